The van der Waals surface area contributed by atoms with Gasteiger partial charge in [0.2, 0.25) is 0 Å². The van der Waals surface area contributed by atoms with Crippen molar-refractivity contribution in [2.24, 2.45) is 0 Å². The van der Waals surface area contributed by atoms with Crippen molar-refractivity contribution in [2.45, 2.75) is 38.2 Å². The molecule has 0 fully saturated rings. The minimum atomic E-state index is -0.911. The Kier molecular flexibility index (Phi) is 7.27. The molecule has 86 valence electrons. The Labute approximate surface area is 88.0 Å². The van der Waals surface area contributed by atoms with E-state index in [4.69, 9.17) is 10.2 Å². The van der Waals surface area contributed by atoms with E-state index >= 15 is 0 Å². The molecular weight excluding hydrogens is 200 g/mol. The van der Waals surface area contributed by atoms with Gasteiger partial charge in [0.15, 0.2) is 0 Å². The van der Waals surface area contributed by atoms with Gasteiger partial charge >= 0.3 is 11.9 Å². The van der Waals surface area contributed by atoms with Crippen LogP contribution in [-0.4, -0.2) is 33.4 Å². The van der Waals surface area contributed by atoms with Crippen LogP contribution in [-0.2, 0) is 9.59 Å². The summed E-state index contributed by atoms with van der Waals surface area (Å²) in [5, 5.41) is 26.0. The van der Waals surface area contributed by atoms with Gasteiger partial charge < -0.3 is 15.3 Å². The van der Waals surface area contributed by atoms with Gasteiger partial charge in [-0.05, 0) is 19.3 Å². The van der Waals surface area contributed by atoms with Crippen molar-refractivity contribution in [2.75, 3.05) is 0 Å². The maximum Gasteiger partial charge on any atom is 0.307 e. The van der Waals surface area contributed by atoms with Crippen molar-refractivity contribution in [1.82, 2.24) is 0 Å². The Balaban J connectivity index is 3.48. The molecule has 3 N–H and O–H groups in total. The van der Waals surface area contributed by atoms with E-state index in [1.165, 1.54) is 6.08 Å². The summed E-state index contributed by atoms with van der Waals surface area (Å²) in [6.45, 7) is 0. The Hall–Kier alpha value is -1.36. The summed E-state index contributed by atoms with van der Waals surface area (Å²) in [4.78, 5) is 20.3. The van der Waals surface area contributed by atoms with Gasteiger partial charge in [-0.1, -0.05) is 12.2 Å². The minimum Gasteiger partial charge on any atom is -0.481 e. The third-order valence-electron chi connectivity index (χ3n) is 1.80. The highest BCUT2D eigenvalue weighted by atomic mass is 16.4. The van der Waals surface area contributed by atoms with Crippen molar-refractivity contribution >= 4 is 11.9 Å². The monoisotopic (exact) mass is 216 g/mol. The van der Waals surface area contributed by atoms with Crippen LogP contribution in [0.3, 0.4) is 0 Å². The number of carboxylic acid groups (broad SMARTS) is 2. The summed E-state index contributed by atoms with van der Waals surface area (Å²) in [6, 6.07) is 0. The maximum atomic E-state index is 10.2. The van der Waals surface area contributed by atoms with Crippen LogP contribution in [0.25, 0.3) is 0 Å². The van der Waals surface area contributed by atoms with Crippen LogP contribution in [0.4, 0.5) is 0 Å². The highest BCUT2D eigenvalue weighted by Gasteiger charge is 2.03. The molecule has 0 bridgehead atoms. The number of aliphatic hydroxyl groups is 1. The number of carbonyl (C=O) groups is 2. The highest BCUT2D eigenvalue weighted by molar-refractivity contribution is 5.68. The number of aliphatic hydroxyl groups excluding tert-OH is 1. The van der Waals surface area contributed by atoms with Crippen LogP contribution in [0.5, 0.6) is 0 Å². The van der Waals surface area contributed by atoms with Crippen molar-refractivity contribution in [3.8, 4) is 0 Å². The van der Waals surface area contributed by atoms with E-state index in [2.05, 4.69) is 0 Å². The third-order valence-corrected chi connectivity index (χ3v) is 1.80. The average molecular weight is 216 g/mol. The summed E-state index contributed by atoms with van der Waals surface area (Å²) < 4.78 is 0. The van der Waals surface area contributed by atoms with Crippen LogP contribution in [0.15, 0.2) is 12.2 Å². The van der Waals surface area contributed by atoms with E-state index in [1.807, 2.05) is 0 Å². The first-order valence-corrected chi connectivity index (χ1v) is 4.79. The fourth-order valence-electron chi connectivity index (χ4n) is 1.04. The SMILES string of the molecule is O=C(O)C/C=C/CC(O)CCCC(=O)O. The van der Waals surface area contributed by atoms with E-state index in [0.717, 1.165) is 0 Å². The Bertz CT molecular complexity index is 234. The quantitative estimate of drug-likeness (QED) is 0.526. The number of aliphatic carboxylic acids is 2. The van der Waals surface area contributed by atoms with Gasteiger partial charge in [-0.15, -0.1) is 0 Å². The molecule has 0 aromatic heterocycles. The molecule has 5 nitrogen and oxygen atoms in total. The largest absolute Gasteiger partial charge is 0.481 e. The standard InChI is InChI=1S/C10H16O5/c11-8(5-3-7-10(14)15)4-1-2-6-9(12)13/h1-2,8,11H,3-7H2,(H,12,13)(H,14,15)/b2-1+. The normalized spacial score (nSPS) is 12.9. The molecule has 0 aromatic rings. The molecule has 0 aromatic carbocycles. The van der Waals surface area contributed by atoms with Gasteiger partial charge in [-0.2, -0.15) is 0 Å². The van der Waals surface area contributed by atoms with E-state index in [1.54, 1.807) is 6.08 Å². The average Bonchev–Trinajstić information content (AvgIpc) is 2.11. The molecule has 0 aliphatic heterocycles. The molecular formula is C10H16O5. The molecule has 0 aliphatic rings. The summed E-state index contributed by atoms with van der Waals surface area (Å²) in [5.74, 6) is -1.78. The first-order chi connectivity index (χ1) is 7.02. The topological polar surface area (TPSA) is 94.8 Å². The third kappa shape index (κ3) is 10.6. The van der Waals surface area contributed by atoms with E-state index in [0.29, 0.717) is 19.3 Å². The fraction of sp³-hybridized carbons (Fsp3) is 0.600. The minimum absolute atomic E-state index is 0.0515. The second-order valence-corrected chi connectivity index (χ2v) is 3.24. The van der Waals surface area contributed by atoms with E-state index < -0.39 is 18.0 Å². The van der Waals surface area contributed by atoms with Crippen LogP contribution in [0, 0.1) is 0 Å². The van der Waals surface area contributed by atoms with Gasteiger partial charge in [-0.25, -0.2) is 0 Å². The molecule has 0 radical (unpaired) electrons. The van der Waals surface area contributed by atoms with E-state index in [-0.39, 0.29) is 12.8 Å². The Morgan fingerprint density at radius 1 is 1.13 bits per heavy atom. The van der Waals surface area contributed by atoms with Crippen LogP contribution in [0.1, 0.15) is 32.1 Å². The van der Waals surface area contributed by atoms with Crippen LogP contribution < -0.4 is 0 Å². The number of hydrogen-bond donors (Lipinski definition) is 3. The van der Waals surface area contributed by atoms with Crippen molar-refractivity contribution < 1.29 is 24.9 Å². The Morgan fingerprint density at radius 3 is 2.33 bits per heavy atom. The molecule has 15 heavy (non-hydrogen) atoms. The lowest BCUT2D eigenvalue weighted by Gasteiger charge is -2.05. The first kappa shape index (κ1) is 13.6. The summed E-state index contributed by atoms with van der Waals surface area (Å²) in [6.07, 6.45) is 3.70. The van der Waals surface area contributed by atoms with Gasteiger partial charge in [0, 0.05) is 6.42 Å². The molecule has 0 spiro atoms. The second kappa shape index (κ2) is 7.99. The van der Waals surface area contributed by atoms with E-state index in [9.17, 15) is 14.7 Å². The van der Waals surface area contributed by atoms with Gasteiger partial charge in [0.25, 0.3) is 0 Å². The van der Waals surface area contributed by atoms with Gasteiger partial charge in [0.05, 0.1) is 12.5 Å². The van der Waals surface area contributed by atoms with Gasteiger partial charge in [0.1, 0.15) is 0 Å². The summed E-state index contributed by atoms with van der Waals surface area (Å²) >= 11 is 0. The number of carboxylic acids is 2. The Morgan fingerprint density at radius 2 is 1.80 bits per heavy atom. The predicted molar refractivity (Wildman–Crippen MR) is 53.5 cm³/mol. The fourth-order valence-corrected chi connectivity index (χ4v) is 1.04. The zero-order chi connectivity index (χ0) is 11.7. The van der Waals surface area contributed by atoms with Crippen LogP contribution >= 0.6 is 0 Å². The molecule has 1 atom stereocenters. The zero-order valence-electron chi connectivity index (χ0n) is 8.43. The molecule has 0 aliphatic carbocycles. The van der Waals surface area contributed by atoms with Crippen molar-refractivity contribution in [1.29, 1.82) is 0 Å². The van der Waals surface area contributed by atoms with Crippen molar-refractivity contribution in [3.05, 3.63) is 12.2 Å². The smallest absolute Gasteiger partial charge is 0.307 e. The lowest BCUT2D eigenvalue weighted by Crippen LogP contribution is -2.06. The molecule has 5 heteroatoms. The molecule has 0 amide bonds. The van der Waals surface area contributed by atoms with Crippen LogP contribution in [0.2, 0.25) is 0 Å². The number of rotatable bonds is 8. The number of hydrogen-bond acceptors (Lipinski definition) is 3. The summed E-state index contributed by atoms with van der Waals surface area (Å²) in [7, 11) is 0. The lowest BCUT2D eigenvalue weighted by molar-refractivity contribution is -0.137. The second-order valence-electron chi connectivity index (χ2n) is 3.24. The first-order valence-electron chi connectivity index (χ1n) is 4.79. The molecule has 0 rings (SSSR count). The van der Waals surface area contributed by atoms with Crippen molar-refractivity contribution in [3.63, 3.8) is 0 Å². The molecule has 1 unspecified atom stereocenters. The molecule has 0 saturated heterocycles. The lowest BCUT2D eigenvalue weighted by atomic mass is 10.1. The van der Waals surface area contributed by atoms with Gasteiger partial charge in [-0.3, -0.25) is 9.59 Å². The predicted octanol–water partition coefficient (Wildman–Crippen LogP) is 1.02. The highest BCUT2D eigenvalue weighted by Crippen LogP contribution is 2.05. The maximum absolute atomic E-state index is 10.2. The summed E-state index contributed by atoms with van der Waals surface area (Å²) in [5.41, 5.74) is 0. The molecule has 0 heterocycles. The zero-order valence-corrected chi connectivity index (χ0v) is 8.43. The molecule has 0 saturated carbocycles.